The molecule has 22 heavy (non-hydrogen) atoms. The molecule has 1 heterocycles. The SMILES string of the molecule is C=CCOC(=O)NC(Cc1c[nH]c2cccc(Br)c12)C(=O)O. The van der Waals surface area contributed by atoms with Gasteiger partial charge < -0.3 is 20.1 Å². The molecule has 2 aromatic rings. The van der Waals surface area contributed by atoms with Crippen LogP contribution < -0.4 is 5.32 Å². The molecular weight excluding hydrogens is 352 g/mol. The van der Waals surface area contributed by atoms with Crippen LogP contribution >= 0.6 is 15.9 Å². The molecule has 0 fully saturated rings. The summed E-state index contributed by atoms with van der Waals surface area (Å²) in [5, 5.41) is 12.5. The Morgan fingerprint density at radius 3 is 2.95 bits per heavy atom. The van der Waals surface area contributed by atoms with Crippen molar-refractivity contribution in [1.29, 1.82) is 0 Å². The number of aromatic amines is 1. The van der Waals surface area contributed by atoms with Gasteiger partial charge in [0.05, 0.1) is 0 Å². The highest BCUT2D eigenvalue weighted by Crippen LogP contribution is 2.27. The van der Waals surface area contributed by atoms with Gasteiger partial charge in [0.1, 0.15) is 12.6 Å². The number of hydrogen-bond acceptors (Lipinski definition) is 3. The lowest BCUT2D eigenvalue weighted by Crippen LogP contribution is -2.42. The van der Waals surface area contributed by atoms with Gasteiger partial charge in [0.2, 0.25) is 0 Å². The molecule has 0 aliphatic heterocycles. The van der Waals surface area contributed by atoms with E-state index in [4.69, 9.17) is 4.74 Å². The summed E-state index contributed by atoms with van der Waals surface area (Å²) in [6, 6.07) is 4.57. The maximum Gasteiger partial charge on any atom is 0.408 e. The first-order valence-corrected chi connectivity index (χ1v) is 7.33. The molecule has 0 spiro atoms. The fourth-order valence-corrected chi connectivity index (χ4v) is 2.73. The predicted molar refractivity (Wildman–Crippen MR) is 85.8 cm³/mol. The van der Waals surface area contributed by atoms with Crippen LogP contribution in [0.5, 0.6) is 0 Å². The molecule has 116 valence electrons. The van der Waals surface area contributed by atoms with Crippen LogP contribution in [0.4, 0.5) is 4.79 Å². The molecule has 0 saturated heterocycles. The minimum atomic E-state index is -1.13. The highest BCUT2D eigenvalue weighted by atomic mass is 79.9. The predicted octanol–water partition coefficient (Wildman–Crippen LogP) is 2.84. The summed E-state index contributed by atoms with van der Waals surface area (Å²) in [5.41, 5.74) is 1.68. The van der Waals surface area contributed by atoms with Gasteiger partial charge in [0.15, 0.2) is 0 Å². The van der Waals surface area contributed by atoms with Crippen LogP contribution in [0.2, 0.25) is 0 Å². The van der Waals surface area contributed by atoms with Gasteiger partial charge in [0, 0.05) is 28.0 Å². The third-order valence-electron chi connectivity index (χ3n) is 3.08. The summed E-state index contributed by atoms with van der Waals surface area (Å²) < 4.78 is 5.61. The standard InChI is InChI=1S/C15H15BrN2O4/c1-2-6-22-15(21)18-12(14(19)20)7-9-8-17-11-5-3-4-10(16)13(9)11/h2-5,8,12,17H,1,6-7H2,(H,18,21)(H,19,20). The number of aliphatic carboxylic acids is 1. The van der Waals surface area contributed by atoms with Crippen molar-refractivity contribution in [2.24, 2.45) is 0 Å². The van der Waals surface area contributed by atoms with Gasteiger partial charge >= 0.3 is 12.1 Å². The topological polar surface area (TPSA) is 91.4 Å². The molecule has 1 unspecified atom stereocenters. The first-order chi connectivity index (χ1) is 10.5. The molecule has 0 aliphatic carbocycles. The molecule has 0 radical (unpaired) electrons. The Bertz CT molecular complexity index is 711. The number of halogens is 1. The second-order valence-electron chi connectivity index (χ2n) is 4.60. The number of rotatable bonds is 6. The van der Waals surface area contributed by atoms with Gasteiger partial charge in [-0.2, -0.15) is 0 Å². The minimum absolute atomic E-state index is 0.0246. The van der Waals surface area contributed by atoms with Crippen LogP contribution in [-0.2, 0) is 16.0 Å². The van der Waals surface area contributed by atoms with Crippen molar-refractivity contribution in [1.82, 2.24) is 10.3 Å². The van der Waals surface area contributed by atoms with Gasteiger partial charge in [0.25, 0.3) is 0 Å². The molecule has 0 aliphatic rings. The van der Waals surface area contributed by atoms with Crippen LogP contribution in [0.3, 0.4) is 0 Å². The molecule has 2 rings (SSSR count). The number of alkyl carbamates (subject to hydrolysis) is 1. The van der Waals surface area contributed by atoms with Gasteiger partial charge in [-0.05, 0) is 17.7 Å². The Labute approximate surface area is 135 Å². The number of aromatic nitrogens is 1. The van der Waals surface area contributed by atoms with E-state index in [1.54, 1.807) is 6.20 Å². The number of benzene rings is 1. The smallest absolute Gasteiger partial charge is 0.408 e. The average molecular weight is 367 g/mol. The summed E-state index contributed by atoms with van der Waals surface area (Å²) in [5.74, 6) is -1.13. The molecule has 1 aromatic heterocycles. The van der Waals surface area contributed by atoms with E-state index in [2.05, 4.69) is 32.8 Å². The largest absolute Gasteiger partial charge is 0.480 e. The lowest BCUT2D eigenvalue weighted by molar-refractivity contribution is -0.139. The van der Waals surface area contributed by atoms with E-state index in [-0.39, 0.29) is 13.0 Å². The molecular formula is C15H15BrN2O4. The third kappa shape index (κ3) is 3.67. The fourth-order valence-electron chi connectivity index (χ4n) is 2.11. The summed E-state index contributed by atoms with van der Waals surface area (Å²) in [4.78, 5) is 25.9. The number of carboxylic acid groups (broad SMARTS) is 1. The lowest BCUT2D eigenvalue weighted by atomic mass is 10.1. The highest BCUT2D eigenvalue weighted by molar-refractivity contribution is 9.10. The van der Waals surface area contributed by atoms with Crippen molar-refractivity contribution in [2.45, 2.75) is 12.5 Å². The highest BCUT2D eigenvalue weighted by Gasteiger charge is 2.23. The second-order valence-corrected chi connectivity index (χ2v) is 5.46. The van der Waals surface area contributed by atoms with Gasteiger partial charge in [-0.3, -0.25) is 0 Å². The minimum Gasteiger partial charge on any atom is -0.480 e. The Hall–Kier alpha value is -2.28. The fraction of sp³-hybridized carbons (Fsp3) is 0.200. The Kier molecular flexibility index (Phi) is 5.21. The van der Waals surface area contributed by atoms with Crippen LogP contribution in [-0.4, -0.2) is 34.8 Å². The molecule has 3 N–H and O–H groups in total. The van der Waals surface area contributed by atoms with E-state index in [0.717, 1.165) is 20.9 Å². The van der Waals surface area contributed by atoms with E-state index in [1.165, 1.54) is 6.08 Å². The Morgan fingerprint density at radius 1 is 1.50 bits per heavy atom. The van der Waals surface area contributed by atoms with E-state index in [1.807, 2.05) is 18.2 Å². The Morgan fingerprint density at radius 2 is 2.27 bits per heavy atom. The quantitative estimate of drug-likeness (QED) is 0.685. The molecule has 0 bridgehead atoms. The number of fused-ring (bicyclic) bond motifs is 1. The van der Waals surface area contributed by atoms with Crippen molar-refractivity contribution in [2.75, 3.05) is 6.61 Å². The third-order valence-corrected chi connectivity index (χ3v) is 3.74. The normalized spacial score (nSPS) is 11.9. The molecule has 6 nitrogen and oxygen atoms in total. The lowest BCUT2D eigenvalue weighted by Gasteiger charge is -2.14. The molecule has 7 heteroatoms. The number of ether oxygens (including phenoxy) is 1. The first-order valence-electron chi connectivity index (χ1n) is 6.54. The van der Waals surface area contributed by atoms with Crippen LogP contribution in [0.25, 0.3) is 10.9 Å². The van der Waals surface area contributed by atoms with Crippen molar-refractivity contribution < 1.29 is 19.4 Å². The van der Waals surface area contributed by atoms with Crippen molar-refractivity contribution in [3.63, 3.8) is 0 Å². The summed E-state index contributed by atoms with van der Waals surface area (Å²) in [6.45, 7) is 3.45. The van der Waals surface area contributed by atoms with Gasteiger partial charge in [-0.15, -0.1) is 0 Å². The number of carbonyl (C=O) groups excluding carboxylic acids is 1. The van der Waals surface area contributed by atoms with Crippen molar-refractivity contribution >= 4 is 38.9 Å². The van der Waals surface area contributed by atoms with Crippen LogP contribution in [0.15, 0.2) is 41.5 Å². The number of nitrogens with one attached hydrogen (secondary N) is 2. The second kappa shape index (κ2) is 7.13. The molecule has 1 atom stereocenters. The van der Waals surface area contributed by atoms with Gasteiger partial charge in [-0.1, -0.05) is 34.7 Å². The summed E-state index contributed by atoms with van der Waals surface area (Å²) in [6.07, 6.45) is 2.50. The average Bonchev–Trinajstić information content (AvgIpc) is 2.89. The zero-order valence-electron chi connectivity index (χ0n) is 11.6. The van der Waals surface area contributed by atoms with E-state index >= 15 is 0 Å². The zero-order chi connectivity index (χ0) is 16.1. The Balaban J connectivity index is 2.18. The molecule has 1 amide bonds. The zero-order valence-corrected chi connectivity index (χ0v) is 13.2. The van der Waals surface area contributed by atoms with Gasteiger partial charge in [-0.25, -0.2) is 9.59 Å². The maximum absolute atomic E-state index is 11.5. The van der Waals surface area contributed by atoms with E-state index in [0.29, 0.717) is 0 Å². The van der Waals surface area contributed by atoms with Crippen LogP contribution in [0.1, 0.15) is 5.56 Å². The van der Waals surface area contributed by atoms with E-state index < -0.39 is 18.1 Å². The number of hydrogen-bond donors (Lipinski definition) is 3. The number of amides is 1. The summed E-state index contributed by atoms with van der Waals surface area (Å²) in [7, 11) is 0. The monoisotopic (exact) mass is 366 g/mol. The number of H-pyrrole nitrogens is 1. The summed E-state index contributed by atoms with van der Waals surface area (Å²) >= 11 is 3.45. The molecule has 0 saturated carbocycles. The van der Waals surface area contributed by atoms with E-state index in [9.17, 15) is 14.7 Å². The molecule has 1 aromatic carbocycles. The first kappa shape index (κ1) is 16.1. The van der Waals surface area contributed by atoms with Crippen LogP contribution in [0, 0.1) is 0 Å². The van der Waals surface area contributed by atoms with Crippen molar-refractivity contribution in [3.8, 4) is 0 Å². The number of carbonyl (C=O) groups is 2. The van der Waals surface area contributed by atoms with Crippen molar-refractivity contribution in [3.05, 3.63) is 47.1 Å². The maximum atomic E-state index is 11.5. The number of carboxylic acids is 1.